The van der Waals surface area contributed by atoms with Crippen LogP contribution in [0.5, 0.6) is 0 Å². The maximum atomic E-state index is 13.2. The van der Waals surface area contributed by atoms with Crippen LogP contribution in [0, 0.1) is 0 Å². The number of carbonyl (C=O) groups is 1. The van der Waals surface area contributed by atoms with Gasteiger partial charge in [-0.1, -0.05) is 148 Å². The molecule has 71 heavy (non-hydrogen) atoms. The average molecular weight is 1020 g/mol. The second-order valence-electron chi connectivity index (χ2n) is 20.0. The Morgan fingerprint density at radius 1 is 0.493 bits per heavy atom. The summed E-state index contributed by atoms with van der Waals surface area (Å²) in [7, 11) is 0. The van der Waals surface area contributed by atoms with Gasteiger partial charge in [-0.25, -0.2) is 0 Å². The zero-order chi connectivity index (χ0) is 52.0. The summed E-state index contributed by atoms with van der Waals surface area (Å²) in [6.45, 7) is 1.74. The van der Waals surface area contributed by atoms with E-state index in [1.54, 1.807) is 0 Å². The van der Waals surface area contributed by atoms with Crippen LogP contribution < -0.4 is 5.32 Å². The summed E-state index contributed by atoms with van der Waals surface area (Å²) in [4.78, 5) is 13.2. The van der Waals surface area contributed by atoms with Gasteiger partial charge in [-0.3, -0.25) is 4.79 Å². The molecule has 0 saturated carbocycles. The van der Waals surface area contributed by atoms with Gasteiger partial charge >= 0.3 is 0 Å². The van der Waals surface area contributed by atoms with E-state index in [1.165, 1.54) is 83.5 Å². The van der Waals surface area contributed by atoms with E-state index in [2.05, 4.69) is 31.3 Å². The highest BCUT2D eigenvalue weighted by molar-refractivity contribution is 5.76. The Morgan fingerprint density at radius 2 is 0.887 bits per heavy atom. The van der Waals surface area contributed by atoms with Gasteiger partial charge in [-0.15, -0.1) is 0 Å². The molecular formula is C52H97NO18. The average Bonchev–Trinajstić information content (AvgIpc) is 3.36. The molecule has 3 rings (SSSR count). The van der Waals surface area contributed by atoms with Crippen molar-refractivity contribution in [1.82, 2.24) is 5.32 Å². The fraction of sp³-hybridized carbons (Fsp3) is 0.942. The lowest BCUT2D eigenvalue weighted by Crippen LogP contribution is -2.66. The van der Waals surface area contributed by atoms with Crippen LogP contribution in [-0.4, -0.2) is 193 Å². The fourth-order valence-corrected chi connectivity index (χ4v) is 9.48. The third kappa shape index (κ3) is 22.7. The summed E-state index contributed by atoms with van der Waals surface area (Å²) in [5.41, 5.74) is 0. The van der Waals surface area contributed by atoms with E-state index >= 15 is 0 Å². The summed E-state index contributed by atoms with van der Waals surface area (Å²) in [5.74, 6) is -0.254. The van der Waals surface area contributed by atoms with Crippen LogP contribution in [0.3, 0.4) is 0 Å². The largest absolute Gasteiger partial charge is 0.394 e. The zero-order valence-electron chi connectivity index (χ0n) is 43.0. The summed E-state index contributed by atoms with van der Waals surface area (Å²) in [6.07, 6.45) is 6.04. The van der Waals surface area contributed by atoms with E-state index < -0.39 is 124 Å². The second kappa shape index (κ2) is 37.3. The van der Waals surface area contributed by atoms with Gasteiger partial charge in [0.25, 0.3) is 0 Å². The molecule has 0 bridgehead atoms. The summed E-state index contributed by atoms with van der Waals surface area (Å²) in [5, 5.41) is 120. The third-order valence-corrected chi connectivity index (χ3v) is 14.1. The number of unbranched alkanes of at least 4 members (excludes halogenated alkanes) is 21. The number of rotatable bonds is 39. The Morgan fingerprint density at radius 3 is 1.37 bits per heavy atom. The van der Waals surface area contributed by atoms with Crippen LogP contribution in [0.4, 0.5) is 0 Å². The van der Waals surface area contributed by atoms with E-state index in [0.29, 0.717) is 12.8 Å². The van der Waals surface area contributed by atoms with Crippen LogP contribution in [0.2, 0.25) is 0 Å². The molecular weight excluding hydrogens is 927 g/mol. The molecule has 19 heteroatoms. The van der Waals surface area contributed by atoms with Crippen molar-refractivity contribution in [2.45, 2.75) is 285 Å². The summed E-state index contributed by atoms with van der Waals surface area (Å²) in [6, 6.07) is -0.885. The highest BCUT2D eigenvalue weighted by Crippen LogP contribution is 2.33. The minimum Gasteiger partial charge on any atom is -0.394 e. The molecule has 0 aromatic heterocycles. The molecule has 3 aliphatic rings. The van der Waals surface area contributed by atoms with Crippen molar-refractivity contribution in [3.63, 3.8) is 0 Å². The number of aliphatic hydroxyl groups is 11. The van der Waals surface area contributed by atoms with Crippen LogP contribution >= 0.6 is 0 Å². The first-order valence-electron chi connectivity index (χ1n) is 27.4. The van der Waals surface area contributed by atoms with Crippen molar-refractivity contribution < 1.29 is 89.4 Å². The van der Waals surface area contributed by atoms with E-state index in [-0.39, 0.29) is 18.9 Å². The van der Waals surface area contributed by atoms with Gasteiger partial charge < -0.3 is 89.9 Å². The minimum atomic E-state index is -1.97. The van der Waals surface area contributed by atoms with Gasteiger partial charge in [0.2, 0.25) is 5.91 Å². The molecule has 1 amide bonds. The van der Waals surface area contributed by atoms with Crippen molar-refractivity contribution in [3.8, 4) is 0 Å². The predicted molar refractivity (Wildman–Crippen MR) is 263 cm³/mol. The summed E-state index contributed by atoms with van der Waals surface area (Å²) < 4.78 is 34.2. The first-order chi connectivity index (χ1) is 34.3. The van der Waals surface area contributed by atoms with Crippen LogP contribution in [-0.2, 0) is 33.2 Å². The van der Waals surface area contributed by atoms with Crippen molar-refractivity contribution >= 4 is 5.91 Å². The van der Waals surface area contributed by atoms with Crippen LogP contribution in [0.1, 0.15) is 181 Å². The number of hydrogen-bond donors (Lipinski definition) is 12. The van der Waals surface area contributed by atoms with Gasteiger partial charge in [0.05, 0.1) is 38.6 Å². The molecule has 12 N–H and O–H groups in total. The lowest BCUT2D eigenvalue weighted by atomic mass is 9.96. The second-order valence-corrected chi connectivity index (χ2v) is 20.0. The Bertz CT molecular complexity index is 1360. The molecule has 3 saturated heterocycles. The molecule has 3 aliphatic heterocycles. The zero-order valence-corrected chi connectivity index (χ0v) is 43.0. The summed E-state index contributed by atoms with van der Waals surface area (Å²) >= 11 is 0. The molecule has 0 aliphatic carbocycles. The van der Waals surface area contributed by atoms with Crippen molar-refractivity contribution in [2.24, 2.45) is 0 Å². The van der Waals surface area contributed by atoms with Gasteiger partial charge in [0.1, 0.15) is 73.2 Å². The van der Waals surface area contributed by atoms with E-state index in [9.17, 15) is 61.0 Å². The normalized spacial score (nSPS) is 32.3. The van der Waals surface area contributed by atoms with Crippen LogP contribution in [0.15, 0.2) is 12.2 Å². The standard InChI is InChI=1S/C52H97NO18/c1-3-5-7-9-11-13-15-16-17-18-19-20-22-24-26-28-30-40(58)53-35(36(57)29-27-25-23-21-14-12-10-8-6-4-2)34-66-50-46(64)43(61)48(38(32-55)68-50)71-52-47(65)44(62)49(39(33-56)69-52)70-51-45(63)42(60)41(59)37(31-54)67-51/h17-18,35-39,41-52,54-57,59-65H,3-16,19-34H2,1-2H3,(H,53,58)/b18-17-. The molecule has 3 heterocycles. The van der Waals surface area contributed by atoms with Crippen LogP contribution in [0.25, 0.3) is 0 Å². The van der Waals surface area contributed by atoms with Crippen molar-refractivity contribution in [2.75, 3.05) is 26.4 Å². The van der Waals surface area contributed by atoms with E-state index in [4.69, 9.17) is 28.4 Å². The van der Waals surface area contributed by atoms with Gasteiger partial charge in [0.15, 0.2) is 18.9 Å². The molecule has 418 valence electrons. The van der Waals surface area contributed by atoms with Crippen molar-refractivity contribution in [3.05, 3.63) is 12.2 Å². The Balaban J connectivity index is 1.52. The topological polar surface area (TPSA) is 307 Å². The molecule has 0 spiro atoms. The van der Waals surface area contributed by atoms with Gasteiger partial charge in [-0.2, -0.15) is 0 Å². The molecule has 3 fully saturated rings. The number of aliphatic hydroxyl groups excluding tert-OH is 11. The molecule has 0 radical (unpaired) electrons. The highest BCUT2D eigenvalue weighted by Gasteiger charge is 2.53. The monoisotopic (exact) mass is 1020 g/mol. The smallest absolute Gasteiger partial charge is 0.220 e. The molecule has 0 aromatic rings. The molecule has 19 nitrogen and oxygen atoms in total. The third-order valence-electron chi connectivity index (χ3n) is 14.1. The number of allylic oxidation sites excluding steroid dienone is 2. The SMILES string of the molecule is CCCCCCCCC/C=C\CCCCCCCC(=O)NC(COC1OC(CO)C(OC2OC(CO)C(OC3OC(CO)C(O)C(O)C3O)C(O)C2O)C(O)C1O)C(O)CCCCCCCCCCCC. The number of carbonyl (C=O) groups excluding carboxylic acids is 1. The Kier molecular flexibility index (Phi) is 33.5. The fourth-order valence-electron chi connectivity index (χ4n) is 9.48. The predicted octanol–water partition coefficient (Wildman–Crippen LogP) is 3.04. The molecule has 17 unspecified atom stereocenters. The number of hydrogen-bond acceptors (Lipinski definition) is 18. The maximum Gasteiger partial charge on any atom is 0.220 e. The van der Waals surface area contributed by atoms with E-state index in [0.717, 1.165) is 64.2 Å². The molecule has 0 aromatic carbocycles. The first kappa shape index (κ1) is 63.8. The highest BCUT2D eigenvalue weighted by atomic mass is 16.8. The maximum absolute atomic E-state index is 13.2. The Labute approximate surface area is 423 Å². The lowest BCUT2D eigenvalue weighted by Gasteiger charge is -2.48. The lowest BCUT2D eigenvalue weighted by molar-refractivity contribution is -0.379. The minimum absolute atomic E-state index is 0.254. The number of ether oxygens (including phenoxy) is 6. The number of nitrogens with one attached hydrogen (secondary N) is 1. The van der Waals surface area contributed by atoms with Gasteiger partial charge in [0, 0.05) is 6.42 Å². The number of amides is 1. The first-order valence-corrected chi connectivity index (χ1v) is 27.4. The van der Waals surface area contributed by atoms with E-state index in [1.807, 2.05) is 0 Å². The Hall–Kier alpha value is -1.47. The van der Waals surface area contributed by atoms with Gasteiger partial charge in [-0.05, 0) is 38.5 Å². The van der Waals surface area contributed by atoms with Crippen molar-refractivity contribution in [1.29, 1.82) is 0 Å². The molecule has 17 atom stereocenters. The quantitative estimate of drug-likeness (QED) is 0.0311.